The molecule has 1 aromatic rings. The van der Waals surface area contributed by atoms with Gasteiger partial charge in [0.15, 0.2) is 6.10 Å². The molecule has 0 heterocycles. The van der Waals surface area contributed by atoms with E-state index in [1.807, 2.05) is 24.3 Å². The third-order valence-electron chi connectivity index (χ3n) is 4.50. The summed E-state index contributed by atoms with van der Waals surface area (Å²) in [5.41, 5.74) is 0.866. The van der Waals surface area contributed by atoms with Crippen molar-refractivity contribution in [3.63, 3.8) is 0 Å². The van der Waals surface area contributed by atoms with Gasteiger partial charge in [0.1, 0.15) is 5.75 Å². The molecule has 0 aliphatic rings. The van der Waals surface area contributed by atoms with E-state index in [1.54, 1.807) is 18.7 Å². The van der Waals surface area contributed by atoms with E-state index in [0.29, 0.717) is 64.7 Å². The van der Waals surface area contributed by atoms with Gasteiger partial charge in [-0.15, -0.1) is 0 Å². The number of hydrogen-bond acceptors (Lipinski definition) is 6. The van der Waals surface area contributed by atoms with Crippen LogP contribution in [0.2, 0.25) is 0 Å². The van der Waals surface area contributed by atoms with E-state index in [1.165, 1.54) is 0 Å². The Morgan fingerprint density at radius 2 is 1.71 bits per heavy atom. The lowest BCUT2D eigenvalue weighted by molar-refractivity contribution is -0.149. The van der Waals surface area contributed by atoms with Crippen LogP contribution in [-0.2, 0) is 25.4 Å². The van der Waals surface area contributed by atoms with Crippen LogP contribution in [0.1, 0.15) is 45.6 Å². The highest BCUT2D eigenvalue weighted by Gasteiger charge is 2.18. The number of amides is 1. The van der Waals surface area contributed by atoms with Gasteiger partial charge in [-0.05, 0) is 44.4 Å². The third-order valence-corrected chi connectivity index (χ3v) is 4.50. The molecule has 0 radical (unpaired) electrons. The molecule has 1 aromatic carbocycles. The summed E-state index contributed by atoms with van der Waals surface area (Å²) in [6.07, 6.45) is 1.85. The lowest BCUT2D eigenvalue weighted by Crippen LogP contribution is -2.36. The molecule has 0 saturated heterocycles. The summed E-state index contributed by atoms with van der Waals surface area (Å²) in [4.78, 5) is 24.9. The Hall–Kier alpha value is -2.32. The van der Waals surface area contributed by atoms with E-state index >= 15 is 0 Å². The Kier molecular flexibility index (Phi) is 14.1. The van der Waals surface area contributed by atoms with Crippen molar-refractivity contribution in [3.05, 3.63) is 29.8 Å². The number of benzene rings is 1. The Morgan fingerprint density at radius 1 is 0.968 bits per heavy atom. The molecule has 1 unspecified atom stereocenters. The summed E-state index contributed by atoms with van der Waals surface area (Å²) >= 11 is 0. The zero-order valence-electron chi connectivity index (χ0n) is 19.0. The van der Waals surface area contributed by atoms with Gasteiger partial charge in [0.2, 0.25) is 0 Å². The minimum absolute atomic E-state index is 0.304. The number of aliphatic carboxylic acids is 1. The fourth-order valence-corrected chi connectivity index (χ4v) is 2.83. The van der Waals surface area contributed by atoms with Crippen molar-refractivity contribution in [2.75, 3.05) is 46.1 Å². The summed E-state index contributed by atoms with van der Waals surface area (Å²) in [5.74, 6) is -0.276. The number of carboxylic acids is 1. The van der Waals surface area contributed by atoms with Crippen LogP contribution in [-0.4, -0.2) is 74.3 Å². The van der Waals surface area contributed by atoms with Gasteiger partial charge in [-0.3, -0.25) is 0 Å². The zero-order valence-corrected chi connectivity index (χ0v) is 19.0. The summed E-state index contributed by atoms with van der Waals surface area (Å²) in [7, 11) is 0. The van der Waals surface area contributed by atoms with Crippen LogP contribution in [0, 0.1) is 0 Å². The van der Waals surface area contributed by atoms with Crippen LogP contribution in [0.4, 0.5) is 4.79 Å². The highest BCUT2D eigenvalue weighted by Crippen LogP contribution is 2.15. The molecule has 176 valence electrons. The van der Waals surface area contributed by atoms with Gasteiger partial charge < -0.3 is 29.0 Å². The molecule has 0 aliphatic carbocycles. The standard InChI is InChI=1S/C23H37NO7/c1-4-7-15-28-17-14-24(23(27)30-6-3)13-8-16-31-20-11-9-19(10-12-20)18-21(22(25)26)29-5-2/h9-12,21H,4-8,13-18H2,1-3H3,(H,25,26). The molecule has 1 atom stereocenters. The van der Waals surface area contributed by atoms with Crippen LogP contribution in [0.3, 0.4) is 0 Å². The maximum absolute atomic E-state index is 12.1. The van der Waals surface area contributed by atoms with Crippen LogP contribution < -0.4 is 4.74 Å². The summed E-state index contributed by atoms with van der Waals surface area (Å²) in [6.45, 7) is 8.99. The first kappa shape index (κ1) is 26.7. The number of unbranched alkanes of at least 4 members (excludes halogenated alkanes) is 1. The maximum atomic E-state index is 12.1. The molecule has 1 amide bonds. The molecule has 0 spiro atoms. The van der Waals surface area contributed by atoms with Gasteiger partial charge in [-0.1, -0.05) is 25.5 Å². The molecule has 8 heteroatoms. The van der Waals surface area contributed by atoms with Crippen LogP contribution in [0.25, 0.3) is 0 Å². The lowest BCUT2D eigenvalue weighted by Gasteiger charge is -2.22. The predicted molar refractivity (Wildman–Crippen MR) is 118 cm³/mol. The second kappa shape index (κ2) is 16.4. The smallest absolute Gasteiger partial charge is 0.409 e. The van der Waals surface area contributed by atoms with E-state index in [0.717, 1.165) is 18.4 Å². The Labute approximate surface area is 185 Å². The predicted octanol–water partition coefficient (Wildman–Crippen LogP) is 3.76. The molecule has 0 aromatic heterocycles. The van der Waals surface area contributed by atoms with Gasteiger partial charge in [0, 0.05) is 32.7 Å². The molecular weight excluding hydrogens is 402 g/mol. The fraction of sp³-hybridized carbons (Fsp3) is 0.652. The van der Waals surface area contributed by atoms with Crippen molar-refractivity contribution in [2.24, 2.45) is 0 Å². The van der Waals surface area contributed by atoms with E-state index in [9.17, 15) is 14.7 Å². The molecule has 1 N–H and O–H groups in total. The Bertz CT molecular complexity index is 621. The molecule has 1 rings (SSSR count). The normalized spacial score (nSPS) is 11.7. The minimum Gasteiger partial charge on any atom is -0.494 e. The Morgan fingerprint density at radius 3 is 2.32 bits per heavy atom. The van der Waals surface area contributed by atoms with Gasteiger partial charge in [0.05, 0.1) is 19.8 Å². The summed E-state index contributed by atoms with van der Waals surface area (Å²) in [6, 6.07) is 7.29. The molecule has 8 nitrogen and oxygen atoms in total. The van der Waals surface area contributed by atoms with E-state index < -0.39 is 12.1 Å². The molecule has 0 aliphatic heterocycles. The van der Waals surface area contributed by atoms with Crippen molar-refractivity contribution in [1.29, 1.82) is 0 Å². The summed E-state index contributed by atoms with van der Waals surface area (Å²) in [5, 5.41) is 9.18. The first-order valence-electron chi connectivity index (χ1n) is 11.1. The number of carbonyl (C=O) groups excluding carboxylic acids is 1. The number of hydrogen-bond donors (Lipinski definition) is 1. The van der Waals surface area contributed by atoms with Crippen molar-refractivity contribution in [1.82, 2.24) is 4.90 Å². The largest absolute Gasteiger partial charge is 0.494 e. The van der Waals surface area contributed by atoms with Crippen molar-refractivity contribution < 1.29 is 33.6 Å². The SMILES string of the molecule is CCCCOCCN(CCCOc1ccc(CC(OCC)C(=O)O)cc1)C(=O)OCC. The second-order valence-corrected chi connectivity index (χ2v) is 6.98. The topological polar surface area (TPSA) is 94.5 Å². The van der Waals surface area contributed by atoms with Crippen molar-refractivity contribution in [2.45, 2.75) is 52.6 Å². The van der Waals surface area contributed by atoms with E-state index in [4.69, 9.17) is 18.9 Å². The highest BCUT2D eigenvalue weighted by molar-refractivity contribution is 5.72. The van der Waals surface area contributed by atoms with Gasteiger partial charge >= 0.3 is 12.1 Å². The van der Waals surface area contributed by atoms with Crippen molar-refractivity contribution >= 4 is 12.1 Å². The van der Waals surface area contributed by atoms with Gasteiger partial charge in [-0.25, -0.2) is 9.59 Å². The van der Waals surface area contributed by atoms with E-state index in [-0.39, 0.29) is 6.09 Å². The second-order valence-electron chi connectivity index (χ2n) is 6.98. The highest BCUT2D eigenvalue weighted by atomic mass is 16.6. The first-order chi connectivity index (χ1) is 15.0. The number of carbonyl (C=O) groups is 2. The number of rotatable bonds is 17. The number of carboxylic acid groups (broad SMARTS) is 1. The monoisotopic (exact) mass is 439 g/mol. The van der Waals surface area contributed by atoms with Crippen LogP contribution >= 0.6 is 0 Å². The van der Waals surface area contributed by atoms with Crippen molar-refractivity contribution in [3.8, 4) is 5.75 Å². The maximum Gasteiger partial charge on any atom is 0.409 e. The average Bonchev–Trinajstić information content (AvgIpc) is 2.75. The Balaban J connectivity index is 2.41. The van der Waals surface area contributed by atoms with E-state index in [2.05, 4.69) is 6.92 Å². The van der Waals surface area contributed by atoms with Crippen LogP contribution in [0.15, 0.2) is 24.3 Å². The van der Waals surface area contributed by atoms with Crippen LogP contribution in [0.5, 0.6) is 5.75 Å². The molecule has 0 saturated carbocycles. The fourth-order valence-electron chi connectivity index (χ4n) is 2.83. The van der Waals surface area contributed by atoms with Gasteiger partial charge in [0.25, 0.3) is 0 Å². The quantitative estimate of drug-likeness (QED) is 0.369. The average molecular weight is 440 g/mol. The number of nitrogens with zero attached hydrogens (tertiary/aromatic N) is 1. The molecule has 0 bridgehead atoms. The molecule has 31 heavy (non-hydrogen) atoms. The zero-order chi connectivity index (χ0) is 22.9. The van der Waals surface area contributed by atoms with Gasteiger partial charge in [-0.2, -0.15) is 0 Å². The third kappa shape index (κ3) is 11.6. The summed E-state index contributed by atoms with van der Waals surface area (Å²) < 4.78 is 21.7. The molecule has 0 fully saturated rings. The minimum atomic E-state index is -0.968. The molecular formula is C23H37NO7. The lowest BCUT2D eigenvalue weighted by atomic mass is 10.1. The number of ether oxygens (including phenoxy) is 4. The first-order valence-corrected chi connectivity index (χ1v) is 11.1.